The van der Waals surface area contributed by atoms with Crippen LogP contribution in [0.25, 0.3) is 0 Å². The number of carboxylic acid groups (broad SMARTS) is 1. The van der Waals surface area contributed by atoms with Gasteiger partial charge in [-0.15, -0.1) is 0 Å². The van der Waals surface area contributed by atoms with Gasteiger partial charge in [-0.25, -0.2) is 4.39 Å². The van der Waals surface area contributed by atoms with Gasteiger partial charge < -0.3 is 14.9 Å². The van der Waals surface area contributed by atoms with E-state index in [-0.39, 0.29) is 22.4 Å². The van der Waals surface area contributed by atoms with Crippen molar-refractivity contribution in [1.29, 1.82) is 0 Å². The summed E-state index contributed by atoms with van der Waals surface area (Å²) in [5.41, 5.74) is 0.0645. The molecule has 0 atom stereocenters. The Bertz CT molecular complexity index is 747. The maximum absolute atomic E-state index is 13.8. The third-order valence-electron chi connectivity index (χ3n) is 3.13. The second kappa shape index (κ2) is 6.20. The van der Waals surface area contributed by atoms with E-state index in [1.54, 1.807) is 0 Å². The number of carboxylic acids is 1. The molecule has 0 aliphatic rings. The SMILES string of the molecule is CC(C)(C)c1cc(C(=O)Nc2ccc(CC(=O)O)c(F)c2)no1. The fourth-order valence-corrected chi connectivity index (χ4v) is 1.86. The number of rotatable bonds is 4. The molecule has 1 heterocycles. The molecule has 0 saturated heterocycles. The molecule has 2 N–H and O–H groups in total. The van der Waals surface area contributed by atoms with Crippen LogP contribution >= 0.6 is 0 Å². The molecule has 0 fully saturated rings. The van der Waals surface area contributed by atoms with Gasteiger partial charge in [-0.1, -0.05) is 32.0 Å². The van der Waals surface area contributed by atoms with Crippen molar-refractivity contribution in [2.75, 3.05) is 5.32 Å². The van der Waals surface area contributed by atoms with Gasteiger partial charge in [0.2, 0.25) is 0 Å². The molecule has 0 aliphatic heterocycles. The lowest BCUT2D eigenvalue weighted by molar-refractivity contribution is -0.136. The van der Waals surface area contributed by atoms with E-state index in [9.17, 15) is 14.0 Å². The van der Waals surface area contributed by atoms with Gasteiger partial charge in [-0.05, 0) is 17.7 Å². The summed E-state index contributed by atoms with van der Waals surface area (Å²) in [4.78, 5) is 22.7. The van der Waals surface area contributed by atoms with Gasteiger partial charge in [0.15, 0.2) is 5.69 Å². The molecule has 6 nitrogen and oxygen atoms in total. The minimum atomic E-state index is -1.13. The Hall–Kier alpha value is -2.70. The molecular formula is C16H17FN2O4. The number of aliphatic carboxylic acids is 1. The highest BCUT2D eigenvalue weighted by Crippen LogP contribution is 2.23. The molecule has 0 radical (unpaired) electrons. The van der Waals surface area contributed by atoms with Gasteiger partial charge in [0.25, 0.3) is 5.91 Å². The Morgan fingerprint density at radius 3 is 2.52 bits per heavy atom. The number of anilines is 1. The summed E-state index contributed by atoms with van der Waals surface area (Å²) in [6.45, 7) is 5.77. The second-order valence-corrected chi connectivity index (χ2v) is 6.16. The third-order valence-corrected chi connectivity index (χ3v) is 3.13. The molecule has 0 bridgehead atoms. The molecule has 0 unspecified atom stereocenters. The molecule has 0 saturated carbocycles. The minimum absolute atomic E-state index is 0.0481. The van der Waals surface area contributed by atoms with E-state index in [2.05, 4.69) is 10.5 Å². The lowest BCUT2D eigenvalue weighted by atomic mass is 9.93. The van der Waals surface area contributed by atoms with Crippen molar-refractivity contribution in [1.82, 2.24) is 5.16 Å². The molecule has 1 aromatic carbocycles. The number of carbonyl (C=O) groups is 2. The predicted octanol–water partition coefficient (Wildman–Crippen LogP) is 2.99. The first-order valence-electron chi connectivity index (χ1n) is 6.95. The Labute approximate surface area is 132 Å². The van der Waals surface area contributed by atoms with Crippen molar-refractivity contribution in [2.24, 2.45) is 0 Å². The number of hydrogen-bond acceptors (Lipinski definition) is 4. The largest absolute Gasteiger partial charge is 0.481 e. The second-order valence-electron chi connectivity index (χ2n) is 6.16. The summed E-state index contributed by atoms with van der Waals surface area (Å²) in [6.07, 6.45) is -0.418. The van der Waals surface area contributed by atoms with Gasteiger partial charge in [0.05, 0.1) is 6.42 Å². The zero-order valence-electron chi connectivity index (χ0n) is 13.0. The van der Waals surface area contributed by atoms with Crippen molar-refractivity contribution in [3.05, 3.63) is 47.1 Å². The van der Waals surface area contributed by atoms with Gasteiger partial charge in [-0.3, -0.25) is 9.59 Å². The maximum atomic E-state index is 13.8. The number of amides is 1. The van der Waals surface area contributed by atoms with Crippen LogP contribution < -0.4 is 5.32 Å². The fourth-order valence-electron chi connectivity index (χ4n) is 1.86. The molecule has 0 spiro atoms. The topological polar surface area (TPSA) is 92.4 Å². The maximum Gasteiger partial charge on any atom is 0.307 e. The van der Waals surface area contributed by atoms with Crippen LogP contribution in [0.3, 0.4) is 0 Å². The first-order chi connectivity index (χ1) is 10.7. The molecule has 2 aromatic rings. The predicted molar refractivity (Wildman–Crippen MR) is 80.9 cm³/mol. The first kappa shape index (κ1) is 16.7. The van der Waals surface area contributed by atoms with E-state index in [1.165, 1.54) is 18.2 Å². The summed E-state index contributed by atoms with van der Waals surface area (Å²) >= 11 is 0. The quantitative estimate of drug-likeness (QED) is 0.903. The van der Waals surface area contributed by atoms with E-state index >= 15 is 0 Å². The highest BCUT2D eigenvalue weighted by atomic mass is 19.1. The van der Waals surface area contributed by atoms with Crippen LogP contribution in [-0.2, 0) is 16.6 Å². The molecule has 0 aliphatic carbocycles. The lowest BCUT2D eigenvalue weighted by Gasteiger charge is -2.12. The number of benzene rings is 1. The average Bonchev–Trinajstić information content (AvgIpc) is 2.91. The molecule has 122 valence electrons. The number of halogens is 1. The number of nitrogens with one attached hydrogen (secondary N) is 1. The Kier molecular flexibility index (Phi) is 4.49. The highest BCUT2D eigenvalue weighted by molar-refractivity contribution is 6.02. The molecule has 23 heavy (non-hydrogen) atoms. The van der Waals surface area contributed by atoms with Crippen molar-refractivity contribution in [3.8, 4) is 0 Å². The average molecular weight is 320 g/mol. The van der Waals surface area contributed by atoms with Crippen LogP contribution in [0.5, 0.6) is 0 Å². The number of hydrogen-bond donors (Lipinski definition) is 2. The summed E-state index contributed by atoms with van der Waals surface area (Å²) in [7, 11) is 0. The van der Waals surface area contributed by atoms with E-state index in [1.807, 2.05) is 20.8 Å². The van der Waals surface area contributed by atoms with Crippen LogP contribution in [0.15, 0.2) is 28.8 Å². The highest BCUT2D eigenvalue weighted by Gasteiger charge is 2.22. The Morgan fingerprint density at radius 1 is 1.30 bits per heavy atom. The van der Waals surface area contributed by atoms with Gasteiger partial charge >= 0.3 is 5.97 Å². The van der Waals surface area contributed by atoms with Gasteiger partial charge in [0, 0.05) is 17.2 Å². The smallest absolute Gasteiger partial charge is 0.307 e. The Balaban J connectivity index is 2.13. The molecule has 2 rings (SSSR count). The van der Waals surface area contributed by atoms with Crippen LogP contribution in [0.4, 0.5) is 10.1 Å². The Morgan fingerprint density at radius 2 is 2.00 bits per heavy atom. The van der Waals surface area contributed by atoms with Crippen LogP contribution in [0.2, 0.25) is 0 Å². The van der Waals surface area contributed by atoms with E-state index in [0.29, 0.717) is 5.76 Å². The summed E-state index contributed by atoms with van der Waals surface area (Å²) < 4.78 is 18.9. The molecule has 1 amide bonds. The molecule has 7 heteroatoms. The van der Waals surface area contributed by atoms with Crippen LogP contribution in [0, 0.1) is 5.82 Å². The van der Waals surface area contributed by atoms with Gasteiger partial charge in [-0.2, -0.15) is 0 Å². The monoisotopic (exact) mass is 320 g/mol. The van der Waals surface area contributed by atoms with Crippen molar-refractivity contribution in [2.45, 2.75) is 32.6 Å². The number of nitrogens with zero attached hydrogens (tertiary/aromatic N) is 1. The van der Waals surface area contributed by atoms with E-state index < -0.39 is 24.1 Å². The van der Waals surface area contributed by atoms with E-state index in [4.69, 9.17) is 9.63 Å². The molecular weight excluding hydrogens is 303 g/mol. The lowest BCUT2D eigenvalue weighted by Crippen LogP contribution is -2.13. The van der Waals surface area contributed by atoms with E-state index in [0.717, 1.165) is 6.07 Å². The van der Waals surface area contributed by atoms with Gasteiger partial charge in [0.1, 0.15) is 11.6 Å². The normalized spacial score (nSPS) is 11.3. The zero-order chi connectivity index (χ0) is 17.2. The summed E-state index contributed by atoms with van der Waals surface area (Å²) in [5.74, 6) is -1.79. The van der Waals surface area contributed by atoms with Crippen LogP contribution in [-0.4, -0.2) is 22.1 Å². The first-order valence-corrected chi connectivity index (χ1v) is 6.95. The summed E-state index contributed by atoms with van der Waals surface area (Å²) in [5, 5.41) is 14.9. The standard InChI is InChI=1S/C16H17FN2O4/c1-16(2,3)13-8-12(19-23-13)15(22)18-10-5-4-9(6-14(20)21)11(17)7-10/h4-5,7-8H,6H2,1-3H3,(H,18,22)(H,20,21). The van der Waals surface area contributed by atoms with Crippen molar-refractivity contribution < 1.29 is 23.6 Å². The minimum Gasteiger partial charge on any atom is -0.481 e. The summed E-state index contributed by atoms with van der Waals surface area (Å²) in [6, 6.07) is 5.36. The number of aromatic nitrogens is 1. The fraction of sp³-hybridized carbons (Fsp3) is 0.312. The van der Waals surface area contributed by atoms with Crippen molar-refractivity contribution >= 4 is 17.6 Å². The zero-order valence-corrected chi connectivity index (χ0v) is 13.0. The van der Waals surface area contributed by atoms with Crippen LogP contribution in [0.1, 0.15) is 42.6 Å². The third kappa shape index (κ3) is 4.15. The number of carbonyl (C=O) groups excluding carboxylic acids is 1. The molecule has 1 aromatic heterocycles. The van der Waals surface area contributed by atoms with Crippen molar-refractivity contribution in [3.63, 3.8) is 0 Å².